The molecule has 0 atom stereocenters. The standard InChI is InChI=1S/C4H10N2O/c1-6-4(5)2-7-3-4/h6H,2-3,5H2,1H3. The van der Waals surface area contributed by atoms with Gasteiger partial charge in [0.25, 0.3) is 0 Å². The summed E-state index contributed by atoms with van der Waals surface area (Å²) in [6.45, 7) is 1.28. The highest BCUT2D eigenvalue weighted by Crippen LogP contribution is 2.06. The maximum absolute atomic E-state index is 5.57. The van der Waals surface area contributed by atoms with Crippen molar-refractivity contribution in [1.29, 1.82) is 0 Å². The summed E-state index contributed by atoms with van der Waals surface area (Å²) in [5.41, 5.74) is 5.36. The molecule has 3 heteroatoms. The molecular weight excluding hydrogens is 92.1 g/mol. The average molecular weight is 102 g/mol. The molecule has 0 aromatic rings. The maximum atomic E-state index is 5.57. The molecule has 0 unspecified atom stereocenters. The fourth-order valence-corrected chi connectivity index (χ4v) is 0.466. The highest BCUT2D eigenvalue weighted by molar-refractivity contribution is 4.85. The SMILES string of the molecule is CNC1(N)COC1. The van der Waals surface area contributed by atoms with E-state index in [0.29, 0.717) is 13.2 Å². The highest BCUT2D eigenvalue weighted by Gasteiger charge is 2.31. The minimum Gasteiger partial charge on any atom is -0.375 e. The number of hydrogen-bond acceptors (Lipinski definition) is 3. The van der Waals surface area contributed by atoms with Crippen molar-refractivity contribution < 1.29 is 4.74 Å². The molecule has 0 aliphatic carbocycles. The Hall–Kier alpha value is -0.120. The van der Waals surface area contributed by atoms with Crippen LogP contribution in [0.2, 0.25) is 0 Å². The molecule has 42 valence electrons. The molecule has 3 N–H and O–H groups in total. The lowest BCUT2D eigenvalue weighted by Gasteiger charge is -2.37. The smallest absolute Gasteiger partial charge is 0.114 e. The van der Waals surface area contributed by atoms with Crippen LogP contribution in [0.1, 0.15) is 0 Å². The van der Waals surface area contributed by atoms with Crippen LogP contribution in [0.25, 0.3) is 0 Å². The number of nitrogens with two attached hydrogens (primary N) is 1. The van der Waals surface area contributed by atoms with E-state index in [9.17, 15) is 0 Å². The van der Waals surface area contributed by atoms with Crippen LogP contribution >= 0.6 is 0 Å². The predicted molar refractivity (Wildman–Crippen MR) is 26.8 cm³/mol. The van der Waals surface area contributed by atoms with E-state index >= 15 is 0 Å². The van der Waals surface area contributed by atoms with Crippen LogP contribution in [0.15, 0.2) is 0 Å². The zero-order valence-corrected chi connectivity index (χ0v) is 4.40. The molecule has 0 spiro atoms. The minimum absolute atomic E-state index is 0.208. The van der Waals surface area contributed by atoms with E-state index in [2.05, 4.69) is 5.32 Å². The van der Waals surface area contributed by atoms with E-state index < -0.39 is 0 Å². The van der Waals surface area contributed by atoms with Crippen LogP contribution < -0.4 is 11.1 Å². The van der Waals surface area contributed by atoms with E-state index in [4.69, 9.17) is 10.5 Å². The van der Waals surface area contributed by atoms with Gasteiger partial charge in [0.15, 0.2) is 0 Å². The average Bonchev–Trinajstić information content (AvgIpc) is 1.61. The van der Waals surface area contributed by atoms with Crippen molar-refractivity contribution in [2.45, 2.75) is 5.66 Å². The van der Waals surface area contributed by atoms with Crippen molar-refractivity contribution in [3.05, 3.63) is 0 Å². The summed E-state index contributed by atoms with van der Waals surface area (Å²) >= 11 is 0. The Kier molecular flexibility index (Phi) is 1.03. The molecule has 0 amide bonds. The van der Waals surface area contributed by atoms with Gasteiger partial charge in [-0.1, -0.05) is 0 Å². The van der Waals surface area contributed by atoms with Gasteiger partial charge in [-0.3, -0.25) is 5.32 Å². The van der Waals surface area contributed by atoms with E-state index in [1.165, 1.54) is 0 Å². The zero-order valence-electron chi connectivity index (χ0n) is 4.40. The number of nitrogens with one attached hydrogen (secondary N) is 1. The third-order valence-electron chi connectivity index (χ3n) is 1.22. The Bertz CT molecular complexity index is 64.6. The number of ether oxygens (including phenoxy) is 1. The molecule has 1 fully saturated rings. The van der Waals surface area contributed by atoms with E-state index in [1.54, 1.807) is 0 Å². The zero-order chi connectivity index (χ0) is 5.33. The van der Waals surface area contributed by atoms with Gasteiger partial charge in [0.1, 0.15) is 5.66 Å². The van der Waals surface area contributed by atoms with Gasteiger partial charge >= 0.3 is 0 Å². The topological polar surface area (TPSA) is 47.3 Å². The molecule has 7 heavy (non-hydrogen) atoms. The van der Waals surface area contributed by atoms with Crippen LogP contribution in [0.3, 0.4) is 0 Å². The van der Waals surface area contributed by atoms with Crippen molar-refractivity contribution >= 4 is 0 Å². The monoisotopic (exact) mass is 102 g/mol. The van der Waals surface area contributed by atoms with Gasteiger partial charge in [-0.05, 0) is 7.05 Å². The van der Waals surface area contributed by atoms with Gasteiger partial charge in [0, 0.05) is 0 Å². The summed E-state index contributed by atoms with van der Waals surface area (Å²) in [5, 5.41) is 2.93. The van der Waals surface area contributed by atoms with Crippen molar-refractivity contribution in [3.63, 3.8) is 0 Å². The molecule has 0 aromatic carbocycles. The predicted octanol–water partition coefficient (Wildman–Crippen LogP) is -1.11. The van der Waals surface area contributed by atoms with Gasteiger partial charge < -0.3 is 10.5 Å². The Morgan fingerprint density at radius 3 is 2.29 bits per heavy atom. The number of hydrogen-bond donors (Lipinski definition) is 2. The normalized spacial score (nSPS) is 26.6. The van der Waals surface area contributed by atoms with Gasteiger partial charge in [0.2, 0.25) is 0 Å². The second-order valence-electron chi connectivity index (χ2n) is 1.90. The first-order valence-electron chi connectivity index (χ1n) is 2.32. The molecule has 0 aromatic heterocycles. The van der Waals surface area contributed by atoms with Gasteiger partial charge in [0.05, 0.1) is 13.2 Å². The first-order chi connectivity index (χ1) is 3.27. The summed E-state index contributed by atoms with van der Waals surface area (Å²) < 4.78 is 4.84. The van der Waals surface area contributed by atoms with E-state index in [-0.39, 0.29) is 5.66 Å². The van der Waals surface area contributed by atoms with Crippen LogP contribution in [0, 0.1) is 0 Å². The first kappa shape index (κ1) is 5.03. The van der Waals surface area contributed by atoms with Gasteiger partial charge in [-0.2, -0.15) is 0 Å². The lowest BCUT2D eigenvalue weighted by atomic mass is 10.1. The third-order valence-corrected chi connectivity index (χ3v) is 1.22. The van der Waals surface area contributed by atoms with Crippen molar-refractivity contribution in [2.24, 2.45) is 5.73 Å². The number of rotatable bonds is 1. The Morgan fingerprint density at radius 1 is 1.71 bits per heavy atom. The molecule has 0 saturated carbocycles. The molecule has 3 nitrogen and oxygen atoms in total. The first-order valence-corrected chi connectivity index (χ1v) is 2.32. The molecule has 1 saturated heterocycles. The van der Waals surface area contributed by atoms with Crippen LogP contribution in [0.5, 0.6) is 0 Å². The quantitative estimate of drug-likeness (QED) is 0.413. The molecule has 0 radical (unpaired) electrons. The lowest BCUT2D eigenvalue weighted by molar-refractivity contribution is -0.0672. The van der Waals surface area contributed by atoms with E-state index in [0.717, 1.165) is 0 Å². The fraction of sp³-hybridized carbons (Fsp3) is 1.00. The summed E-state index contributed by atoms with van der Waals surface area (Å²) in [7, 11) is 1.84. The maximum Gasteiger partial charge on any atom is 0.114 e. The number of likely N-dealkylation sites (N-methyl/N-ethyl adjacent to an activating group) is 1. The second kappa shape index (κ2) is 1.43. The summed E-state index contributed by atoms with van der Waals surface area (Å²) in [4.78, 5) is 0. The van der Waals surface area contributed by atoms with Crippen molar-refractivity contribution in [1.82, 2.24) is 5.32 Å². The molecule has 1 heterocycles. The van der Waals surface area contributed by atoms with Crippen LogP contribution in [-0.2, 0) is 4.74 Å². The van der Waals surface area contributed by atoms with Gasteiger partial charge in [-0.15, -0.1) is 0 Å². The minimum atomic E-state index is -0.208. The van der Waals surface area contributed by atoms with E-state index in [1.807, 2.05) is 7.05 Å². The van der Waals surface area contributed by atoms with Crippen LogP contribution in [0.4, 0.5) is 0 Å². The Labute approximate surface area is 42.8 Å². The Balaban J connectivity index is 2.29. The lowest BCUT2D eigenvalue weighted by Crippen LogP contribution is -2.65. The fourth-order valence-electron chi connectivity index (χ4n) is 0.466. The summed E-state index contributed by atoms with van der Waals surface area (Å²) in [6.07, 6.45) is 0. The molecule has 1 rings (SSSR count). The summed E-state index contributed by atoms with van der Waals surface area (Å²) in [5.74, 6) is 0. The van der Waals surface area contributed by atoms with Crippen molar-refractivity contribution in [3.8, 4) is 0 Å². The van der Waals surface area contributed by atoms with Gasteiger partial charge in [-0.25, -0.2) is 0 Å². The summed E-state index contributed by atoms with van der Waals surface area (Å²) in [6, 6.07) is 0. The molecular formula is C4H10N2O. The largest absolute Gasteiger partial charge is 0.375 e. The second-order valence-corrected chi connectivity index (χ2v) is 1.90. The molecule has 0 bridgehead atoms. The molecule has 1 aliphatic rings. The highest BCUT2D eigenvalue weighted by atomic mass is 16.5. The third kappa shape index (κ3) is 0.748. The Morgan fingerprint density at radius 2 is 2.29 bits per heavy atom. The van der Waals surface area contributed by atoms with Crippen LogP contribution in [-0.4, -0.2) is 25.9 Å². The molecule has 1 aliphatic heterocycles. The van der Waals surface area contributed by atoms with Crippen molar-refractivity contribution in [2.75, 3.05) is 20.3 Å².